The van der Waals surface area contributed by atoms with Crippen molar-refractivity contribution in [1.29, 1.82) is 0 Å². The fraction of sp³-hybridized carbons (Fsp3) is 0.105. The Morgan fingerprint density at radius 1 is 0.864 bits per heavy atom. The second kappa shape index (κ2) is 6.31. The van der Waals surface area contributed by atoms with Crippen LogP contribution in [0.4, 0.5) is 11.4 Å². The lowest BCUT2D eigenvalue weighted by molar-refractivity contribution is -0.114. The van der Waals surface area contributed by atoms with E-state index >= 15 is 0 Å². The van der Waals surface area contributed by atoms with E-state index in [1.807, 2.05) is 67.6 Å². The van der Waals surface area contributed by atoms with E-state index in [-0.39, 0.29) is 12.5 Å². The van der Waals surface area contributed by atoms with Gasteiger partial charge in [-0.2, -0.15) is 0 Å². The fourth-order valence-electron chi connectivity index (χ4n) is 2.41. The maximum atomic E-state index is 12.0. The number of benzene rings is 3. The monoisotopic (exact) mass is 290 g/mol. The van der Waals surface area contributed by atoms with Gasteiger partial charge in [0.1, 0.15) is 0 Å². The first-order chi connectivity index (χ1) is 10.7. The molecule has 0 aliphatic rings. The fourth-order valence-corrected chi connectivity index (χ4v) is 2.41. The number of amides is 1. The normalized spacial score (nSPS) is 10.4. The number of fused-ring (bicyclic) bond motifs is 1. The number of carbonyl (C=O) groups is 1. The van der Waals surface area contributed by atoms with Gasteiger partial charge >= 0.3 is 0 Å². The van der Waals surface area contributed by atoms with Crippen molar-refractivity contribution < 1.29 is 4.79 Å². The number of nitrogens with one attached hydrogen (secondary N) is 2. The summed E-state index contributed by atoms with van der Waals surface area (Å²) in [5.74, 6) is -0.0585. The number of rotatable bonds is 4. The summed E-state index contributed by atoms with van der Waals surface area (Å²) in [6.07, 6.45) is 0. The third-order valence-electron chi connectivity index (χ3n) is 3.50. The van der Waals surface area contributed by atoms with Crippen molar-refractivity contribution in [3.05, 3.63) is 72.3 Å². The molecule has 0 atom stereocenters. The predicted molar refractivity (Wildman–Crippen MR) is 92.2 cm³/mol. The van der Waals surface area contributed by atoms with Crippen LogP contribution < -0.4 is 10.6 Å². The molecule has 22 heavy (non-hydrogen) atoms. The molecule has 3 nitrogen and oxygen atoms in total. The Kier molecular flexibility index (Phi) is 4.05. The Hall–Kier alpha value is -2.81. The zero-order valence-corrected chi connectivity index (χ0v) is 12.5. The van der Waals surface area contributed by atoms with Crippen LogP contribution in [0.1, 0.15) is 5.56 Å². The third-order valence-corrected chi connectivity index (χ3v) is 3.50. The van der Waals surface area contributed by atoms with Crippen LogP contribution in [0.25, 0.3) is 10.8 Å². The van der Waals surface area contributed by atoms with Gasteiger partial charge in [0.2, 0.25) is 5.91 Å². The predicted octanol–water partition coefficient (Wildman–Crippen LogP) is 4.20. The van der Waals surface area contributed by atoms with Gasteiger partial charge in [-0.25, -0.2) is 0 Å². The smallest absolute Gasteiger partial charge is 0.243 e. The minimum absolute atomic E-state index is 0.0585. The highest BCUT2D eigenvalue weighted by Gasteiger charge is 2.03. The van der Waals surface area contributed by atoms with Crippen LogP contribution in [0.3, 0.4) is 0 Å². The summed E-state index contributed by atoms with van der Waals surface area (Å²) in [7, 11) is 0. The van der Waals surface area contributed by atoms with Crippen LogP contribution in [0.2, 0.25) is 0 Å². The molecule has 0 saturated heterocycles. The Morgan fingerprint density at radius 3 is 2.50 bits per heavy atom. The van der Waals surface area contributed by atoms with E-state index in [1.165, 1.54) is 10.9 Å². The molecular weight excluding hydrogens is 272 g/mol. The van der Waals surface area contributed by atoms with Gasteiger partial charge in [-0.15, -0.1) is 0 Å². The van der Waals surface area contributed by atoms with Gasteiger partial charge in [0, 0.05) is 11.4 Å². The number of carbonyl (C=O) groups excluding carboxylic acids is 1. The Morgan fingerprint density at radius 2 is 1.68 bits per heavy atom. The number of anilines is 2. The van der Waals surface area contributed by atoms with E-state index in [0.29, 0.717) is 0 Å². The maximum Gasteiger partial charge on any atom is 0.243 e. The molecule has 0 radical (unpaired) electrons. The lowest BCUT2D eigenvalue weighted by atomic mass is 10.1. The van der Waals surface area contributed by atoms with E-state index in [0.717, 1.165) is 16.8 Å². The number of hydrogen-bond acceptors (Lipinski definition) is 2. The third kappa shape index (κ3) is 3.44. The van der Waals surface area contributed by atoms with Crippen LogP contribution in [-0.2, 0) is 4.79 Å². The summed E-state index contributed by atoms with van der Waals surface area (Å²) in [5, 5.41) is 8.33. The molecular formula is C19H18N2O. The van der Waals surface area contributed by atoms with Gasteiger partial charge in [-0.3, -0.25) is 4.79 Å². The standard InChI is InChI=1S/C19H18N2O/c1-14-5-4-8-17(11-14)20-13-19(22)21-18-10-9-15-6-2-3-7-16(15)12-18/h2-12,20H,13H2,1H3,(H,21,22). The van der Waals surface area contributed by atoms with Crippen LogP contribution in [0.15, 0.2) is 66.7 Å². The highest BCUT2D eigenvalue weighted by molar-refractivity contribution is 5.96. The molecule has 3 rings (SSSR count). The van der Waals surface area contributed by atoms with E-state index in [4.69, 9.17) is 0 Å². The van der Waals surface area contributed by atoms with Gasteiger partial charge in [-0.1, -0.05) is 42.5 Å². The lowest BCUT2D eigenvalue weighted by Crippen LogP contribution is -2.21. The minimum atomic E-state index is -0.0585. The first kappa shape index (κ1) is 14.1. The van der Waals surface area contributed by atoms with E-state index in [1.54, 1.807) is 0 Å². The topological polar surface area (TPSA) is 41.1 Å². The number of hydrogen-bond donors (Lipinski definition) is 2. The average molecular weight is 290 g/mol. The quantitative estimate of drug-likeness (QED) is 0.756. The van der Waals surface area contributed by atoms with Crippen molar-refractivity contribution in [1.82, 2.24) is 0 Å². The highest BCUT2D eigenvalue weighted by atomic mass is 16.1. The van der Waals surface area contributed by atoms with Crippen LogP contribution in [-0.4, -0.2) is 12.5 Å². The van der Waals surface area contributed by atoms with Crippen LogP contribution in [0, 0.1) is 6.92 Å². The van der Waals surface area contributed by atoms with Crippen molar-refractivity contribution in [2.24, 2.45) is 0 Å². The zero-order valence-electron chi connectivity index (χ0n) is 12.5. The molecule has 0 bridgehead atoms. The molecule has 0 unspecified atom stereocenters. The van der Waals surface area contributed by atoms with Gasteiger partial charge in [0.15, 0.2) is 0 Å². The highest BCUT2D eigenvalue weighted by Crippen LogP contribution is 2.18. The van der Waals surface area contributed by atoms with Gasteiger partial charge in [0.25, 0.3) is 0 Å². The molecule has 0 aromatic heterocycles. The molecule has 0 spiro atoms. The summed E-state index contributed by atoms with van der Waals surface area (Å²) in [6.45, 7) is 2.27. The molecule has 0 heterocycles. The summed E-state index contributed by atoms with van der Waals surface area (Å²) < 4.78 is 0. The molecule has 0 aliphatic heterocycles. The zero-order chi connectivity index (χ0) is 15.4. The van der Waals surface area contributed by atoms with E-state index < -0.39 is 0 Å². The molecule has 2 N–H and O–H groups in total. The summed E-state index contributed by atoms with van der Waals surface area (Å²) in [4.78, 5) is 12.0. The van der Waals surface area contributed by atoms with Gasteiger partial charge < -0.3 is 10.6 Å². The van der Waals surface area contributed by atoms with Crippen molar-refractivity contribution >= 4 is 28.1 Å². The van der Waals surface area contributed by atoms with E-state index in [9.17, 15) is 4.79 Å². The first-order valence-corrected chi connectivity index (χ1v) is 7.30. The van der Waals surface area contributed by atoms with Crippen molar-refractivity contribution in [3.63, 3.8) is 0 Å². The minimum Gasteiger partial charge on any atom is -0.376 e. The van der Waals surface area contributed by atoms with E-state index in [2.05, 4.69) is 16.7 Å². The molecule has 1 amide bonds. The summed E-state index contributed by atoms with van der Waals surface area (Å²) in [5.41, 5.74) is 2.93. The average Bonchev–Trinajstić information content (AvgIpc) is 2.53. The Bertz CT molecular complexity index is 811. The largest absolute Gasteiger partial charge is 0.376 e. The van der Waals surface area contributed by atoms with Crippen molar-refractivity contribution in [2.75, 3.05) is 17.2 Å². The second-order valence-corrected chi connectivity index (χ2v) is 5.33. The summed E-state index contributed by atoms with van der Waals surface area (Å²) in [6, 6.07) is 22.0. The van der Waals surface area contributed by atoms with Gasteiger partial charge in [0.05, 0.1) is 6.54 Å². The molecule has 0 saturated carbocycles. The molecule has 0 fully saturated rings. The Balaban J connectivity index is 1.63. The number of aryl methyl sites for hydroxylation is 1. The van der Waals surface area contributed by atoms with Crippen LogP contribution in [0.5, 0.6) is 0 Å². The van der Waals surface area contributed by atoms with Crippen molar-refractivity contribution in [3.8, 4) is 0 Å². The van der Waals surface area contributed by atoms with Crippen LogP contribution >= 0.6 is 0 Å². The molecule has 3 aromatic rings. The maximum absolute atomic E-state index is 12.0. The lowest BCUT2D eigenvalue weighted by Gasteiger charge is -2.09. The Labute approximate surface area is 130 Å². The molecule has 3 aromatic carbocycles. The van der Waals surface area contributed by atoms with Crippen molar-refractivity contribution in [2.45, 2.75) is 6.92 Å². The SMILES string of the molecule is Cc1cccc(NCC(=O)Nc2ccc3ccccc3c2)c1. The molecule has 3 heteroatoms. The molecule has 0 aliphatic carbocycles. The second-order valence-electron chi connectivity index (χ2n) is 5.33. The first-order valence-electron chi connectivity index (χ1n) is 7.30. The molecule has 110 valence electrons. The van der Waals surface area contributed by atoms with Gasteiger partial charge in [-0.05, 0) is 47.5 Å². The summed E-state index contributed by atoms with van der Waals surface area (Å²) >= 11 is 0.